The molecular formula is C26H36ClN3O2S. The van der Waals surface area contributed by atoms with Gasteiger partial charge in [0.25, 0.3) is 0 Å². The summed E-state index contributed by atoms with van der Waals surface area (Å²) in [7, 11) is 1.63. The van der Waals surface area contributed by atoms with Gasteiger partial charge in [-0.05, 0) is 47.3 Å². The molecule has 0 atom stereocenters. The first-order valence-electron chi connectivity index (χ1n) is 11.6. The second-order valence-electron chi connectivity index (χ2n) is 9.45. The van der Waals surface area contributed by atoms with Crippen LogP contribution in [0.25, 0.3) is 0 Å². The zero-order valence-electron chi connectivity index (χ0n) is 20.2. The highest BCUT2D eigenvalue weighted by atomic mass is 35.5. The van der Waals surface area contributed by atoms with Crippen LogP contribution in [0.4, 0.5) is 5.69 Å². The zero-order valence-corrected chi connectivity index (χ0v) is 21.8. The molecular weight excluding hydrogens is 454 g/mol. The van der Waals surface area contributed by atoms with Crippen LogP contribution in [-0.2, 0) is 16.7 Å². The maximum atomic E-state index is 6.44. The van der Waals surface area contributed by atoms with Gasteiger partial charge >= 0.3 is 0 Å². The number of benzene rings is 2. The fraction of sp³-hybridized carbons (Fsp3) is 0.500. The average Bonchev–Trinajstić information content (AvgIpc) is 2.80. The van der Waals surface area contributed by atoms with E-state index >= 15 is 0 Å². The molecule has 0 aliphatic carbocycles. The second-order valence-corrected chi connectivity index (χ2v) is 10.2. The second kappa shape index (κ2) is 12.0. The summed E-state index contributed by atoms with van der Waals surface area (Å²) in [5, 5.41) is 4.60. The molecule has 0 unspecified atom stereocenters. The van der Waals surface area contributed by atoms with E-state index in [1.165, 1.54) is 11.1 Å². The molecule has 1 N–H and O–H groups in total. The van der Waals surface area contributed by atoms with Crippen molar-refractivity contribution in [3.63, 3.8) is 0 Å². The standard InChI is InChI=1S/C26H36ClN3O2S/c1-26(2,3)21-8-6-20(7-9-21)19-30(13-5-12-29-14-16-32-17-15-29)25(33)28-24-11-10-22(31-4)18-23(24)27/h6-11,18H,5,12-17,19H2,1-4H3,(H,28,33). The molecule has 5 nitrogen and oxygen atoms in total. The lowest BCUT2D eigenvalue weighted by Gasteiger charge is -2.30. The van der Waals surface area contributed by atoms with E-state index in [1.807, 2.05) is 12.1 Å². The number of morpholine rings is 1. The summed E-state index contributed by atoms with van der Waals surface area (Å²) in [5.41, 5.74) is 3.48. The molecule has 0 aromatic heterocycles. The molecule has 0 spiro atoms. The minimum Gasteiger partial charge on any atom is -0.497 e. The number of nitrogens with zero attached hydrogens (tertiary/aromatic N) is 2. The van der Waals surface area contributed by atoms with Crippen molar-refractivity contribution in [2.24, 2.45) is 0 Å². The Morgan fingerprint density at radius 2 is 1.85 bits per heavy atom. The predicted molar refractivity (Wildman–Crippen MR) is 142 cm³/mol. The lowest BCUT2D eigenvalue weighted by molar-refractivity contribution is 0.0368. The Balaban J connectivity index is 1.68. The Hall–Kier alpha value is -1.86. The van der Waals surface area contributed by atoms with Crippen LogP contribution in [0.15, 0.2) is 42.5 Å². The van der Waals surface area contributed by atoms with Crippen molar-refractivity contribution < 1.29 is 9.47 Å². The third-order valence-electron chi connectivity index (χ3n) is 5.90. The van der Waals surface area contributed by atoms with Gasteiger partial charge in [0, 0.05) is 38.8 Å². The van der Waals surface area contributed by atoms with Crippen LogP contribution >= 0.6 is 23.8 Å². The van der Waals surface area contributed by atoms with Crippen LogP contribution < -0.4 is 10.1 Å². The van der Waals surface area contributed by atoms with Crippen LogP contribution in [0, 0.1) is 0 Å². The van der Waals surface area contributed by atoms with Crippen molar-refractivity contribution in [1.29, 1.82) is 0 Å². The number of nitrogens with one attached hydrogen (secondary N) is 1. The first-order valence-corrected chi connectivity index (χ1v) is 12.3. The van der Waals surface area contributed by atoms with Crippen LogP contribution in [-0.4, -0.2) is 61.4 Å². The molecule has 2 aromatic carbocycles. The average molecular weight is 490 g/mol. The number of halogens is 1. The van der Waals surface area contributed by atoms with Gasteiger partial charge in [-0.1, -0.05) is 56.6 Å². The van der Waals surface area contributed by atoms with Gasteiger partial charge in [0.05, 0.1) is 31.0 Å². The highest BCUT2D eigenvalue weighted by Gasteiger charge is 2.17. The van der Waals surface area contributed by atoms with E-state index < -0.39 is 0 Å². The highest BCUT2D eigenvalue weighted by molar-refractivity contribution is 7.80. The van der Waals surface area contributed by atoms with Gasteiger partial charge in [-0.2, -0.15) is 0 Å². The number of methoxy groups -OCH3 is 1. The summed E-state index contributed by atoms with van der Waals surface area (Å²) >= 11 is 12.3. The van der Waals surface area contributed by atoms with Crippen LogP contribution in [0.2, 0.25) is 5.02 Å². The van der Waals surface area contributed by atoms with E-state index in [4.69, 9.17) is 33.3 Å². The molecule has 180 valence electrons. The molecule has 3 rings (SSSR count). The number of rotatable bonds is 8. The van der Waals surface area contributed by atoms with E-state index in [1.54, 1.807) is 13.2 Å². The maximum absolute atomic E-state index is 6.44. The van der Waals surface area contributed by atoms with Crippen molar-refractivity contribution in [1.82, 2.24) is 9.80 Å². The van der Waals surface area contributed by atoms with Crippen molar-refractivity contribution >= 4 is 34.6 Å². The summed E-state index contributed by atoms with van der Waals surface area (Å²) in [6.45, 7) is 13.0. The molecule has 0 radical (unpaired) electrons. The lowest BCUT2D eigenvalue weighted by Crippen LogP contribution is -2.40. The molecule has 0 saturated carbocycles. The first-order chi connectivity index (χ1) is 15.8. The van der Waals surface area contributed by atoms with Gasteiger partial charge in [0.2, 0.25) is 0 Å². The van der Waals surface area contributed by atoms with Crippen LogP contribution in [0.3, 0.4) is 0 Å². The van der Waals surface area contributed by atoms with Crippen molar-refractivity contribution in [2.45, 2.75) is 39.2 Å². The largest absolute Gasteiger partial charge is 0.497 e. The number of anilines is 1. The van der Waals surface area contributed by atoms with E-state index in [2.05, 4.69) is 60.2 Å². The topological polar surface area (TPSA) is 37.0 Å². The molecule has 1 aliphatic rings. The molecule has 1 heterocycles. The Labute approximate surface area is 209 Å². The third-order valence-corrected chi connectivity index (χ3v) is 6.58. The quantitative estimate of drug-likeness (QED) is 0.489. The normalized spacial score (nSPS) is 14.7. The van der Waals surface area contributed by atoms with Crippen molar-refractivity contribution in [2.75, 3.05) is 51.8 Å². The molecule has 33 heavy (non-hydrogen) atoms. The van der Waals surface area contributed by atoms with E-state index in [0.717, 1.165) is 63.8 Å². The maximum Gasteiger partial charge on any atom is 0.173 e. The SMILES string of the molecule is COc1ccc(NC(=S)N(CCCN2CCOCC2)Cc2ccc(C(C)(C)C)cc2)c(Cl)c1. The minimum absolute atomic E-state index is 0.137. The number of ether oxygens (including phenoxy) is 2. The molecule has 1 aliphatic heterocycles. The summed E-state index contributed by atoms with van der Waals surface area (Å²) in [6.07, 6.45) is 1.03. The fourth-order valence-electron chi connectivity index (χ4n) is 3.81. The lowest BCUT2D eigenvalue weighted by atomic mass is 9.87. The van der Waals surface area contributed by atoms with Crippen molar-refractivity contribution in [3.8, 4) is 5.75 Å². The van der Waals surface area contributed by atoms with Gasteiger partial charge in [0.15, 0.2) is 5.11 Å². The van der Waals surface area contributed by atoms with Gasteiger partial charge in [-0.3, -0.25) is 4.90 Å². The first kappa shape index (κ1) is 25.8. The van der Waals surface area contributed by atoms with Gasteiger partial charge < -0.3 is 19.7 Å². The Bertz CT molecular complexity index is 909. The fourth-order valence-corrected chi connectivity index (χ4v) is 4.29. The highest BCUT2D eigenvalue weighted by Crippen LogP contribution is 2.27. The molecule has 2 aromatic rings. The van der Waals surface area contributed by atoms with Gasteiger partial charge in [0.1, 0.15) is 5.75 Å². The van der Waals surface area contributed by atoms with Crippen molar-refractivity contribution in [3.05, 3.63) is 58.6 Å². The summed E-state index contributed by atoms with van der Waals surface area (Å²) in [6, 6.07) is 14.4. The van der Waals surface area contributed by atoms with E-state index in [9.17, 15) is 0 Å². The monoisotopic (exact) mass is 489 g/mol. The van der Waals surface area contributed by atoms with Crippen LogP contribution in [0.1, 0.15) is 38.3 Å². The zero-order chi connectivity index (χ0) is 23.8. The van der Waals surface area contributed by atoms with Gasteiger partial charge in [-0.15, -0.1) is 0 Å². The van der Waals surface area contributed by atoms with Crippen LogP contribution in [0.5, 0.6) is 5.75 Å². The smallest absolute Gasteiger partial charge is 0.173 e. The molecule has 7 heteroatoms. The minimum atomic E-state index is 0.137. The molecule has 1 saturated heterocycles. The predicted octanol–water partition coefficient (Wildman–Crippen LogP) is 5.57. The van der Waals surface area contributed by atoms with Gasteiger partial charge in [-0.25, -0.2) is 0 Å². The Morgan fingerprint density at radius 1 is 1.15 bits per heavy atom. The van der Waals surface area contributed by atoms with E-state index in [-0.39, 0.29) is 5.41 Å². The summed E-state index contributed by atoms with van der Waals surface area (Å²) < 4.78 is 10.7. The third kappa shape index (κ3) is 7.85. The van der Waals surface area contributed by atoms with E-state index in [0.29, 0.717) is 10.1 Å². The number of thiocarbonyl (C=S) groups is 1. The molecule has 0 amide bonds. The molecule has 0 bridgehead atoms. The number of hydrogen-bond acceptors (Lipinski definition) is 4. The Kier molecular flexibility index (Phi) is 9.38. The summed E-state index contributed by atoms with van der Waals surface area (Å²) in [5.74, 6) is 0.720. The molecule has 1 fully saturated rings. The Morgan fingerprint density at radius 3 is 2.45 bits per heavy atom. The summed E-state index contributed by atoms with van der Waals surface area (Å²) in [4.78, 5) is 4.68. The number of hydrogen-bond donors (Lipinski definition) is 1.